The molecule has 0 aliphatic carbocycles. The second kappa shape index (κ2) is 8.92. The number of benzene rings is 2. The molecule has 1 N–H and O–H groups in total. The average Bonchev–Trinajstić information content (AvgIpc) is 2.59. The summed E-state index contributed by atoms with van der Waals surface area (Å²) in [5.74, 6) is -0.802. The lowest BCUT2D eigenvalue weighted by atomic mass is 10.2. The molecule has 0 radical (unpaired) electrons. The smallest absolute Gasteiger partial charge is 0.387 e. The summed E-state index contributed by atoms with van der Waals surface area (Å²) in [6.07, 6.45) is 0. The molecule has 0 saturated carbocycles. The second-order valence-corrected chi connectivity index (χ2v) is 7.58. The molecule has 9 heteroatoms. The third kappa shape index (κ3) is 6.00. The topological polar surface area (TPSA) is 81.7 Å². The van der Waals surface area contributed by atoms with Crippen molar-refractivity contribution in [2.45, 2.75) is 38.0 Å². The fourth-order valence-corrected chi connectivity index (χ4v) is 3.46. The van der Waals surface area contributed by atoms with Gasteiger partial charge in [-0.05, 0) is 44.2 Å². The van der Waals surface area contributed by atoms with Crippen LogP contribution in [0, 0.1) is 0 Å². The molecule has 146 valence electrons. The van der Waals surface area contributed by atoms with Crippen LogP contribution in [0.1, 0.15) is 29.8 Å². The van der Waals surface area contributed by atoms with Crippen LogP contribution in [0.25, 0.3) is 0 Å². The first kappa shape index (κ1) is 20.8. The van der Waals surface area contributed by atoms with E-state index in [1.807, 2.05) is 0 Å². The van der Waals surface area contributed by atoms with Crippen LogP contribution in [0.5, 0.6) is 5.75 Å². The van der Waals surface area contributed by atoms with Crippen molar-refractivity contribution in [3.05, 3.63) is 59.7 Å². The number of sulfonamides is 1. The summed E-state index contributed by atoms with van der Waals surface area (Å²) in [6, 6.07) is 10.9. The molecule has 0 unspecified atom stereocenters. The zero-order chi connectivity index (χ0) is 20.0. The first-order chi connectivity index (χ1) is 12.7. The molecular formula is C18H19F2NO5S. The van der Waals surface area contributed by atoms with Crippen LogP contribution in [-0.4, -0.2) is 27.0 Å². The van der Waals surface area contributed by atoms with Gasteiger partial charge in [-0.25, -0.2) is 17.9 Å². The third-order valence-electron chi connectivity index (χ3n) is 3.34. The van der Waals surface area contributed by atoms with E-state index in [0.29, 0.717) is 0 Å². The molecule has 2 rings (SSSR count). The lowest BCUT2D eigenvalue weighted by Gasteiger charge is -2.12. The van der Waals surface area contributed by atoms with E-state index in [1.54, 1.807) is 19.9 Å². The molecule has 0 aliphatic heterocycles. The number of nitrogens with one attached hydrogen (secondary N) is 1. The molecule has 0 aromatic heterocycles. The minimum absolute atomic E-state index is 0.0171. The molecule has 0 aliphatic rings. The summed E-state index contributed by atoms with van der Waals surface area (Å²) in [5, 5.41) is 0. The van der Waals surface area contributed by atoms with Crippen molar-refractivity contribution in [1.29, 1.82) is 0 Å². The average molecular weight is 399 g/mol. The van der Waals surface area contributed by atoms with Gasteiger partial charge in [-0.1, -0.05) is 18.2 Å². The number of alkyl halides is 2. The van der Waals surface area contributed by atoms with Gasteiger partial charge < -0.3 is 9.47 Å². The first-order valence-electron chi connectivity index (χ1n) is 8.01. The van der Waals surface area contributed by atoms with Crippen LogP contribution in [0.4, 0.5) is 8.78 Å². The predicted octanol–water partition coefficient (Wildman–Crippen LogP) is 3.33. The Morgan fingerprint density at radius 2 is 1.70 bits per heavy atom. The van der Waals surface area contributed by atoms with Crippen molar-refractivity contribution in [1.82, 2.24) is 4.72 Å². The molecule has 27 heavy (non-hydrogen) atoms. The van der Waals surface area contributed by atoms with Crippen LogP contribution >= 0.6 is 0 Å². The Balaban J connectivity index is 2.05. The largest absolute Gasteiger partial charge is 0.457 e. The summed E-state index contributed by atoms with van der Waals surface area (Å²) < 4.78 is 60.8. The minimum Gasteiger partial charge on any atom is -0.457 e. The quantitative estimate of drug-likeness (QED) is 0.689. The van der Waals surface area contributed by atoms with Crippen LogP contribution < -0.4 is 9.46 Å². The minimum atomic E-state index is -3.66. The Labute approximate surface area is 156 Å². The summed E-state index contributed by atoms with van der Waals surface area (Å²) >= 11 is 0. The van der Waals surface area contributed by atoms with Crippen molar-refractivity contribution in [3.63, 3.8) is 0 Å². The third-order valence-corrected chi connectivity index (χ3v) is 5.01. The molecule has 0 bridgehead atoms. The maximum Gasteiger partial charge on any atom is 0.387 e. The lowest BCUT2D eigenvalue weighted by Crippen LogP contribution is -2.30. The van der Waals surface area contributed by atoms with Crippen molar-refractivity contribution >= 4 is 16.0 Å². The standard InChI is InChI=1S/C18H19F2NO5S/c1-12(2)21-27(23,24)15-9-7-13(8-10-15)17(22)25-11-14-5-3-4-6-16(14)26-18(19)20/h3-10,12,18,21H,11H2,1-2H3. The number of halogens is 2. The van der Waals surface area contributed by atoms with Gasteiger partial charge in [0, 0.05) is 11.6 Å². The molecule has 0 saturated heterocycles. The molecule has 2 aromatic carbocycles. The van der Waals surface area contributed by atoms with Gasteiger partial charge in [-0.2, -0.15) is 8.78 Å². The van der Waals surface area contributed by atoms with Gasteiger partial charge in [0.25, 0.3) is 0 Å². The highest BCUT2D eigenvalue weighted by Crippen LogP contribution is 2.21. The van der Waals surface area contributed by atoms with E-state index in [1.165, 1.54) is 42.5 Å². The van der Waals surface area contributed by atoms with Gasteiger partial charge in [-0.3, -0.25) is 0 Å². The van der Waals surface area contributed by atoms with E-state index in [-0.39, 0.29) is 34.4 Å². The van der Waals surface area contributed by atoms with E-state index in [0.717, 1.165) is 0 Å². The normalized spacial score (nSPS) is 11.6. The van der Waals surface area contributed by atoms with Crippen molar-refractivity contribution in [2.75, 3.05) is 0 Å². The molecule has 2 aromatic rings. The van der Waals surface area contributed by atoms with E-state index in [2.05, 4.69) is 9.46 Å². The van der Waals surface area contributed by atoms with Crippen molar-refractivity contribution in [3.8, 4) is 5.75 Å². The number of esters is 1. The Hall–Kier alpha value is -2.52. The van der Waals surface area contributed by atoms with Crippen molar-refractivity contribution < 1.29 is 31.5 Å². The molecule has 0 spiro atoms. The maximum absolute atomic E-state index is 12.4. The van der Waals surface area contributed by atoms with E-state index in [4.69, 9.17) is 4.74 Å². The molecule has 0 fully saturated rings. The van der Waals surface area contributed by atoms with Crippen LogP contribution in [0.3, 0.4) is 0 Å². The monoisotopic (exact) mass is 399 g/mol. The highest BCUT2D eigenvalue weighted by molar-refractivity contribution is 7.89. The Bertz CT molecular complexity index is 883. The lowest BCUT2D eigenvalue weighted by molar-refractivity contribution is -0.0510. The van der Waals surface area contributed by atoms with Gasteiger partial charge in [0.15, 0.2) is 0 Å². The van der Waals surface area contributed by atoms with Crippen LogP contribution in [0.2, 0.25) is 0 Å². The summed E-state index contributed by atoms with van der Waals surface area (Å²) in [7, 11) is -3.66. The van der Waals surface area contributed by atoms with Crippen LogP contribution in [-0.2, 0) is 21.4 Å². The van der Waals surface area contributed by atoms with E-state index >= 15 is 0 Å². The second-order valence-electron chi connectivity index (χ2n) is 5.86. The molecular weight excluding hydrogens is 380 g/mol. The fourth-order valence-electron chi connectivity index (χ4n) is 2.21. The zero-order valence-corrected chi connectivity index (χ0v) is 15.5. The Morgan fingerprint density at radius 3 is 2.30 bits per heavy atom. The Morgan fingerprint density at radius 1 is 1.07 bits per heavy atom. The highest BCUT2D eigenvalue weighted by Gasteiger charge is 2.17. The highest BCUT2D eigenvalue weighted by atomic mass is 32.2. The van der Waals surface area contributed by atoms with Gasteiger partial charge in [-0.15, -0.1) is 0 Å². The van der Waals surface area contributed by atoms with E-state index < -0.39 is 22.6 Å². The van der Waals surface area contributed by atoms with Gasteiger partial charge >= 0.3 is 12.6 Å². The SMILES string of the molecule is CC(C)NS(=O)(=O)c1ccc(C(=O)OCc2ccccc2OC(F)F)cc1. The maximum atomic E-state index is 12.4. The summed E-state index contributed by atoms with van der Waals surface area (Å²) in [5.41, 5.74) is 0.414. The van der Waals surface area contributed by atoms with Gasteiger partial charge in [0.05, 0.1) is 10.5 Å². The fraction of sp³-hybridized carbons (Fsp3) is 0.278. The molecule has 0 amide bonds. The number of carbonyl (C=O) groups excluding carboxylic acids is 1. The van der Waals surface area contributed by atoms with Crippen LogP contribution in [0.15, 0.2) is 53.4 Å². The predicted molar refractivity (Wildman–Crippen MR) is 94.1 cm³/mol. The number of hydrogen-bond acceptors (Lipinski definition) is 5. The summed E-state index contributed by atoms with van der Waals surface area (Å²) in [4.78, 5) is 12.1. The number of rotatable bonds is 8. The van der Waals surface area contributed by atoms with Gasteiger partial charge in [0.1, 0.15) is 12.4 Å². The molecule has 6 nitrogen and oxygen atoms in total. The number of ether oxygens (including phenoxy) is 2. The number of para-hydroxylation sites is 1. The Kier molecular flexibility index (Phi) is 6.86. The first-order valence-corrected chi connectivity index (χ1v) is 9.49. The van der Waals surface area contributed by atoms with E-state index in [9.17, 15) is 22.0 Å². The number of hydrogen-bond donors (Lipinski definition) is 1. The molecule has 0 heterocycles. The molecule has 0 atom stereocenters. The summed E-state index contributed by atoms with van der Waals surface area (Å²) in [6.45, 7) is 0.129. The van der Waals surface area contributed by atoms with Gasteiger partial charge in [0.2, 0.25) is 10.0 Å². The zero-order valence-electron chi connectivity index (χ0n) is 14.7. The van der Waals surface area contributed by atoms with Crippen molar-refractivity contribution in [2.24, 2.45) is 0 Å². The number of carbonyl (C=O) groups is 1.